The van der Waals surface area contributed by atoms with Crippen molar-refractivity contribution in [2.45, 2.75) is 25.0 Å². The summed E-state index contributed by atoms with van der Waals surface area (Å²) in [5, 5.41) is 21.2. The van der Waals surface area contributed by atoms with Gasteiger partial charge >= 0.3 is 0 Å². The first-order valence-electron chi connectivity index (χ1n) is 7.44. The molecule has 1 aliphatic heterocycles. The van der Waals surface area contributed by atoms with Gasteiger partial charge in [-0.3, -0.25) is 9.59 Å². The molecule has 0 spiro atoms. The molecule has 7 nitrogen and oxygen atoms in total. The van der Waals surface area contributed by atoms with Gasteiger partial charge in [0.25, 0.3) is 0 Å². The lowest BCUT2D eigenvalue weighted by Gasteiger charge is -2.37. The van der Waals surface area contributed by atoms with Crippen LogP contribution >= 0.6 is 0 Å². The zero-order chi connectivity index (χ0) is 16.9. The minimum Gasteiger partial charge on any atom is -0.394 e. The number of benzene rings is 1. The minimum atomic E-state index is -1.14. The smallest absolute Gasteiger partial charge is 0.249 e. The number of amides is 2. The van der Waals surface area contributed by atoms with Gasteiger partial charge in [-0.1, -0.05) is 30.3 Å². The van der Waals surface area contributed by atoms with Crippen molar-refractivity contribution in [3.8, 4) is 0 Å². The molecule has 1 atom stereocenters. The van der Waals surface area contributed by atoms with Crippen molar-refractivity contribution in [1.82, 2.24) is 10.2 Å². The predicted octanol–water partition coefficient (Wildman–Crippen LogP) is -0.726. The van der Waals surface area contributed by atoms with E-state index >= 15 is 0 Å². The van der Waals surface area contributed by atoms with E-state index < -0.39 is 30.7 Å². The summed E-state index contributed by atoms with van der Waals surface area (Å²) in [5.74, 6) is -0.727. The molecular weight excluding hydrogens is 300 g/mol. The van der Waals surface area contributed by atoms with Crippen LogP contribution in [0.1, 0.15) is 12.5 Å². The lowest BCUT2D eigenvalue weighted by molar-refractivity contribution is -0.156. The van der Waals surface area contributed by atoms with Crippen molar-refractivity contribution in [3.63, 3.8) is 0 Å². The van der Waals surface area contributed by atoms with E-state index in [9.17, 15) is 19.8 Å². The number of rotatable bonds is 6. The molecule has 0 bridgehead atoms. The van der Waals surface area contributed by atoms with E-state index in [-0.39, 0.29) is 19.1 Å². The van der Waals surface area contributed by atoms with Gasteiger partial charge in [-0.2, -0.15) is 0 Å². The molecule has 0 aliphatic carbocycles. The fourth-order valence-corrected chi connectivity index (χ4v) is 2.31. The largest absolute Gasteiger partial charge is 0.394 e. The summed E-state index contributed by atoms with van der Waals surface area (Å²) >= 11 is 0. The van der Waals surface area contributed by atoms with Crippen LogP contribution in [0, 0.1) is 0 Å². The Morgan fingerprint density at radius 1 is 1.35 bits per heavy atom. The summed E-state index contributed by atoms with van der Waals surface area (Å²) in [6, 6.07) is 8.57. The van der Waals surface area contributed by atoms with Gasteiger partial charge in [0.2, 0.25) is 11.8 Å². The average molecular weight is 322 g/mol. The number of aliphatic hydroxyl groups excluding tert-OH is 2. The number of morpholine rings is 1. The first-order chi connectivity index (χ1) is 11.0. The third-order valence-corrected chi connectivity index (χ3v) is 3.82. The van der Waals surface area contributed by atoms with Crippen molar-refractivity contribution in [2.75, 3.05) is 26.4 Å². The Morgan fingerprint density at radius 2 is 2.00 bits per heavy atom. The molecule has 0 aromatic heterocycles. The quantitative estimate of drug-likeness (QED) is 0.641. The zero-order valence-corrected chi connectivity index (χ0v) is 13.1. The molecule has 0 unspecified atom stereocenters. The topological polar surface area (TPSA) is 99.1 Å². The molecule has 3 N–H and O–H groups in total. The highest BCUT2D eigenvalue weighted by Crippen LogP contribution is 2.15. The predicted molar refractivity (Wildman–Crippen MR) is 82.3 cm³/mol. The summed E-state index contributed by atoms with van der Waals surface area (Å²) < 4.78 is 5.19. The van der Waals surface area contributed by atoms with Crippen LogP contribution in [0.3, 0.4) is 0 Å². The molecule has 0 radical (unpaired) electrons. The number of nitrogens with one attached hydrogen (secondary N) is 1. The van der Waals surface area contributed by atoms with Crippen LogP contribution in [0.2, 0.25) is 0 Å². The van der Waals surface area contributed by atoms with Gasteiger partial charge in [-0.25, -0.2) is 0 Å². The zero-order valence-electron chi connectivity index (χ0n) is 13.1. The lowest BCUT2D eigenvalue weighted by Crippen LogP contribution is -2.61. The van der Waals surface area contributed by atoms with E-state index in [2.05, 4.69) is 5.32 Å². The van der Waals surface area contributed by atoms with Crippen molar-refractivity contribution in [2.24, 2.45) is 0 Å². The average Bonchev–Trinajstić information content (AvgIpc) is 2.57. The Hall–Kier alpha value is -1.96. The fourth-order valence-electron chi connectivity index (χ4n) is 2.31. The van der Waals surface area contributed by atoms with Crippen LogP contribution in [0.5, 0.6) is 0 Å². The van der Waals surface area contributed by atoms with Crippen LogP contribution in [0.4, 0.5) is 0 Å². The number of hydrogen-bond donors (Lipinski definition) is 3. The van der Waals surface area contributed by atoms with Crippen molar-refractivity contribution < 1.29 is 24.5 Å². The maximum absolute atomic E-state index is 12.5. The van der Waals surface area contributed by atoms with Crippen molar-refractivity contribution in [3.05, 3.63) is 35.9 Å². The Balaban J connectivity index is 2.13. The monoisotopic (exact) mass is 322 g/mol. The second-order valence-electron chi connectivity index (χ2n) is 5.90. The van der Waals surface area contributed by atoms with Crippen LogP contribution in [0.25, 0.3) is 0 Å². The molecule has 1 aromatic carbocycles. The molecule has 23 heavy (non-hydrogen) atoms. The summed E-state index contributed by atoms with van der Waals surface area (Å²) in [6.07, 6.45) is 0. The molecule has 1 heterocycles. The molecule has 1 saturated heterocycles. The third kappa shape index (κ3) is 4.28. The van der Waals surface area contributed by atoms with Crippen LogP contribution in [0.15, 0.2) is 30.3 Å². The molecule has 126 valence electrons. The third-order valence-electron chi connectivity index (χ3n) is 3.82. The van der Waals surface area contributed by atoms with Gasteiger partial charge in [0.1, 0.15) is 12.6 Å². The summed E-state index contributed by atoms with van der Waals surface area (Å²) in [6.45, 7) is 1.03. The fraction of sp³-hybridized carbons (Fsp3) is 0.500. The molecule has 0 saturated carbocycles. The number of aliphatic hydroxyl groups is 2. The van der Waals surface area contributed by atoms with Crippen molar-refractivity contribution in [1.29, 1.82) is 0 Å². The normalized spacial score (nSPS) is 18.8. The number of ether oxygens (including phenoxy) is 1. The molecule has 1 aromatic rings. The lowest BCUT2D eigenvalue weighted by atomic mass is 10.0. The van der Waals surface area contributed by atoms with Gasteiger partial charge in [0.15, 0.2) is 0 Å². The summed E-state index contributed by atoms with van der Waals surface area (Å²) in [4.78, 5) is 26.1. The van der Waals surface area contributed by atoms with E-state index in [1.165, 1.54) is 11.8 Å². The first kappa shape index (κ1) is 17.4. The Bertz CT molecular complexity index is 545. The molecular formula is C16H22N2O5. The highest BCUT2D eigenvalue weighted by molar-refractivity contribution is 5.89. The molecule has 2 rings (SSSR count). The molecule has 2 amide bonds. The maximum atomic E-state index is 12.5. The van der Waals surface area contributed by atoms with Gasteiger partial charge in [-0.05, 0) is 12.5 Å². The number of hydrogen-bond acceptors (Lipinski definition) is 5. The van der Waals surface area contributed by atoms with Crippen molar-refractivity contribution >= 4 is 11.8 Å². The van der Waals surface area contributed by atoms with E-state index in [4.69, 9.17) is 4.74 Å². The highest BCUT2D eigenvalue weighted by atomic mass is 16.5. The number of carbonyl (C=O) groups is 2. The minimum absolute atomic E-state index is 0.0616. The SMILES string of the molecule is CC(CO)(CO)NC(=O)[C@H]1COCC(=O)N1Cc1ccccc1. The van der Waals surface area contributed by atoms with Gasteiger partial charge in [-0.15, -0.1) is 0 Å². The molecule has 1 fully saturated rings. The van der Waals surface area contributed by atoms with Crippen LogP contribution < -0.4 is 5.32 Å². The van der Waals surface area contributed by atoms with E-state index in [0.717, 1.165) is 5.56 Å². The van der Waals surface area contributed by atoms with Gasteiger partial charge in [0.05, 0.1) is 25.4 Å². The van der Waals surface area contributed by atoms with E-state index in [1.54, 1.807) is 0 Å². The second kappa shape index (κ2) is 7.54. The Morgan fingerprint density at radius 3 is 2.61 bits per heavy atom. The van der Waals surface area contributed by atoms with Crippen LogP contribution in [-0.4, -0.2) is 64.9 Å². The maximum Gasteiger partial charge on any atom is 0.249 e. The van der Waals surface area contributed by atoms with E-state index in [1.807, 2.05) is 30.3 Å². The summed E-state index contributed by atoms with van der Waals surface area (Å²) in [5.41, 5.74) is -0.233. The standard InChI is InChI=1S/C16H22N2O5/c1-16(10-19,11-20)17-15(22)13-8-23-9-14(21)18(13)7-12-5-3-2-4-6-12/h2-6,13,19-20H,7-11H2,1H3,(H,17,22)/t13-/m1/s1. The van der Waals surface area contributed by atoms with E-state index in [0.29, 0.717) is 6.54 Å². The molecule has 7 heteroatoms. The number of carbonyl (C=O) groups excluding carboxylic acids is 2. The van der Waals surface area contributed by atoms with Crippen LogP contribution in [-0.2, 0) is 20.9 Å². The summed E-state index contributed by atoms with van der Waals surface area (Å²) in [7, 11) is 0. The Kier molecular flexibility index (Phi) is 5.70. The Labute approximate surface area is 134 Å². The number of nitrogens with zero attached hydrogens (tertiary/aromatic N) is 1. The van der Waals surface area contributed by atoms with Gasteiger partial charge < -0.3 is 25.2 Å². The first-order valence-corrected chi connectivity index (χ1v) is 7.44. The van der Waals surface area contributed by atoms with Gasteiger partial charge in [0, 0.05) is 6.54 Å². The molecule has 1 aliphatic rings. The highest BCUT2D eigenvalue weighted by Gasteiger charge is 2.37. The second-order valence-corrected chi connectivity index (χ2v) is 5.90.